The number of halogens is 1. The monoisotopic (exact) mass is 387 g/mol. The highest BCUT2D eigenvalue weighted by atomic mass is 35.5. The van der Waals surface area contributed by atoms with Crippen LogP contribution in [-0.2, 0) is 19.4 Å². The number of hydrogen-bond acceptors (Lipinski definition) is 3. The van der Waals surface area contributed by atoms with Crippen molar-refractivity contribution < 1.29 is 0 Å². The number of aryl methyl sites for hydroxylation is 3. The topological polar surface area (TPSA) is 46.9 Å². The molecule has 0 aliphatic heterocycles. The third-order valence-electron chi connectivity index (χ3n) is 5.42. The number of aromatic nitrogens is 2. The van der Waals surface area contributed by atoms with E-state index in [2.05, 4.69) is 24.4 Å². The molecule has 2 aromatic rings. The summed E-state index contributed by atoms with van der Waals surface area (Å²) < 4.78 is 1.74. The highest BCUT2D eigenvalue weighted by Crippen LogP contribution is 2.33. The lowest BCUT2D eigenvalue weighted by Crippen LogP contribution is -2.27. The summed E-state index contributed by atoms with van der Waals surface area (Å²) in [6.45, 7) is 7.43. The van der Waals surface area contributed by atoms with Crippen LogP contribution < -0.4 is 10.9 Å². The van der Waals surface area contributed by atoms with Gasteiger partial charge in [-0.05, 0) is 69.2 Å². The van der Waals surface area contributed by atoms with Gasteiger partial charge < -0.3 is 5.32 Å². The van der Waals surface area contributed by atoms with Crippen LogP contribution in [0.1, 0.15) is 62.8 Å². The van der Waals surface area contributed by atoms with Crippen LogP contribution >= 0.6 is 11.6 Å². The van der Waals surface area contributed by atoms with Gasteiger partial charge in [-0.2, -0.15) is 0 Å². The average Bonchev–Trinajstić information content (AvgIpc) is 2.66. The van der Waals surface area contributed by atoms with Crippen molar-refractivity contribution in [3.8, 4) is 11.4 Å². The normalized spacial score (nSPS) is 13.5. The molecule has 1 aliphatic rings. The van der Waals surface area contributed by atoms with Crippen molar-refractivity contribution in [2.45, 2.75) is 72.3 Å². The van der Waals surface area contributed by atoms with Crippen LogP contribution in [0.25, 0.3) is 11.4 Å². The van der Waals surface area contributed by atoms with Crippen LogP contribution in [0.2, 0.25) is 5.02 Å². The van der Waals surface area contributed by atoms with Gasteiger partial charge in [-0.1, -0.05) is 31.4 Å². The molecule has 4 nitrogen and oxygen atoms in total. The maximum atomic E-state index is 13.1. The first-order chi connectivity index (χ1) is 13.1. The summed E-state index contributed by atoms with van der Waals surface area (Å²) in [6.07, 6.45) is 7.97. The smallest absolute Gasteiger partial charge is 0.277 e. The second kappa shape index (κ2) is 8.92. The average molecular weight is 388 g/mol. The molecule has 0 bridgehead atoms. The van der Waals surface area contributed by atoms with E-state index in [4.69, 9.17) is 16.6 Å². The lowest BCUT2D eigenvalue weighted by Gasteiger charge is -2.20. The fourth-order valence-corrected chi connectivity index (χ4v) is 4.15. The van der Waals surface area contributed by atoms with Crippen molar-refractivity contribution in [2.24, 2.45) is 0 Å². The molecular formula is C22H30ClN3O. The van der Waals surface area contributed by atoms with Crippen molar-refractivity contribution in [3.05, 3.63) is 44.3 Å². The first-order valence-corrected chi connectivity index (χ1v) is 10.6. The van der Waals surface area contributed by atoms with Gasteiger partial charge in [0.2, 0.25) is 0 Å². The Balaban J connectivity index is 2.02. The maximum absolute atomic E-state index is 13.1. The molecule has 5 heteroatoms. The Morgan fingerprint density at radius 2 is 1.85 bits per heavy atom. The molecule has 0 atom stereocenters. The molecule has 1 N–H and O–H groups in total. The van der Waals surface area contributed by atoms with Gasteiger partial charge in [0.15, 0.2) is 0 Å². The fraction of sp³-hybridized carbons (Fsp3) is 0.545. The number of hydrogen-bond donors (Lipinski definition) is 1. The standard InChI is InChI=1S/C22H30ClN3O/c1-4-6-9-12-24-20-15(3)25-21(26(5-2)22(20)27)18-13-16-10-7-8-11-17(16)14-19(18)23/h13-14,24H,4-12H2,1-3H3. The van der Waals surface area contributed by atoms with E-state index in [0.29, 0.717) is 23.1 Å². The van der Waals surface area contributed by atoms with Gasteiger partial charge in [-0.3, -0.25) is 9.36 Å². The lowest BCUT2D eigenvalue weighted by atomic mass is 9.90. The van der Waals surface area contributed by atoms with Gasteiger partial charge in [0.25, 0.3) is 5.56 Å². The third kappa shape index (κ3) is 4.21. The summed E-state index contributed by atoms with van der Waals surface area (Å²) in [5.74, 6) is 0.678. The number of rotatable bonds is 7. The predicted molar refractivity (Wildman–Crippen MR) is 114 cm³/mol. The molecule has 1 aromatic heterocycles. The number of nitrogens with one attached hydrogen (secondary N) is 1. The van der Waals surface area contributed by atoms with Crippen LogP contribution in [0.15, 0.2) is 16.9 Å². The second-order valence-corrected chi connectivity index (χ2v) is 7.79. The number of fused-ring (bicyclic) bond motifs is 1. The number of unbranched alkanes of at least 4 members (excludes halogenated alkanes) is 2. The van der Waals surface area contributed by atoms with Crippen LogP contribution in [0.5, 0.6) is 0 Å². The van der Waals surface area contributed by atoms with Crippen molar-refractivity contribution in [2.75, 3.05) is 11.9 Å². The Morgan fingerprint density at radius 3 is 2.52 bits per heavy atom. The molecule has 0 saturated heterocycles. The van der Waals surface area contributed by atoms with E-state index < -0.39 is 0 Å². The zero-order valence-electron chi connectivity index (χ0n) is 16.7. The Labute approximate surface area is 167 Å². The first-order valence-electron chi connectivity index (χ1n) is 10.2. The molecular weight excluding hydrogens is 358 g/mol. The van der Waals surface area contributed by atoms with Crippen molar-refractivity contribution in [1.29, 1.82) is 0 Å². The van der Waals surface area contributed by atoms with E-state index in [-0.39, 0.29) is 5.56 Å². The van der Waals surface area contributed by atoms with E-state index in [0.717, 1.165) is 49.9 Å². The Hall–Kier alpha value is -1.81. The molecule has 146 valence electrons. The van der Waals surface area contributed by atoms with Gasteiger partial charge in [0.05, 0.1) is 10.7 Å². The minimum Gasteiger partial charge on any atom is -0.379 e. The SMILES string of the molecule is CCCCCNc1c(C)nc(-c2cc3c(cc2Cl)CCCC3)n(CC)c1=O. The fourth-order valence-electron chi connectivity index (χ4n) is 3.88. The van der Waals surface area contributed by atoms with Crippen LogP contribution in [0, 0.1) is 6.92 Å². The summed E-state index contributed by atoms with van der Waals surface area (Å²) >= 11 is 6.62. The van der Waals surface area contributed by atoms with Crippen molar-refractivity contribution >= 4 is 17.3 Å². The second-order valence-electron chi connectivity index (χ2n) is 7.39. The largest absolute Gasteiger partial charge is 0.379 e. The van der Waals surface area contributed by atoms with Crippen LogP contribution in [0.4, 0.5) is 5.69 Å². The molecule has 1 aliphatic carbocycles. The highest BCUT2D eigenvalue weighted by Gasteiger charge is 2.19. The summed E-state index contributed by atoms with van der Waals surface area (Å²) in [7, 11) is 0. The van der Waals surface area contributed by atoms with Gasteiger partial charge in [0.1, 0.15) is 11.5 Å². The zero-order valence-corrected chi connectivity index (χ0v) is 17.5. The summed E-state index contributed by atoms with van der Waals surface area (Å²) in [4.78, 5) is 17.9. The predicted octanol–water partition coefficient (Wildman–Crippen LogP) is 5.37. The third-order valence-corrected chi connectivity index (χ3v) is 5.73. The molecule has 3 rings (SSSR count). The summed E-state index contributed by atoms with van der Waals surface area (Å²) in [6, 6.07) is 4.22. The summed E-state index contributed by atoms with van der Waals surface area (Å²) in [5, 5.41) is 3.99. The van der Waals surface area contributed by atoms with Gasteiger partial charge in [-0.15, -0.1) is 0 Å². The van der Waals surface area contributed by atoms with Crippen molar-refractivity contribution in [3.63, 3.8) is 0 Å². The Bertz CT molecular complexity index is 873. The minimum atomic E-state index is -0.00899. The molecule has 1 aromatic carbocycles. The van der Waals surface area contributed by atoms with Crippen LogP contribution in [-0.4, -0.2) is 16.1 Å². The molecule has 0 spiro atoms. The highest BCUT2D eigenvalue weighted by molar-refractivity contribution is 6.33. The number of benzene rings is 1. The van der Waals surface area contributed by atoms with E-state index in [9.17, 15) is 4.79 Å². The molecule has 0 saturated carbocycles. The first kappa shape index (κ1) is 19.9. The summed E-state index contributed by atoms with van der Waals surface area (Å²) in [5.41, 5.74) is 4.90. The van der Waals surface area contributed by atoms with E-state index >= 15 is 0 Å². The molecule has 27 heavy (non-hydrogen) atoms. The van der Waals surface area contributed by atoms with E-state index in [1.807, 2.05) is 13.8 Å². The molecule has 0 fully saturated rings. The van der Waals surface area contributed by atoms with E-state index in [1.54, 1.807) is 4.57 Å². The molecule has 0 unspecified atom stereocenters. The minimum absolute atomic E-state index is 0.00899. The van der Waals surface area contributed by atoms with E-state index in [1.165, 1.54) is 24.0 Å². The maximum Gasteiger partial charge on any atom is 0.277 e. The van der Waals surface area contributed by atoms with Crippen LogP contribution in [0.3, 0.4) is 0 Å². The molecule has 1 heterocycles. The molecule has 0 radical (unpaired) electrons. The molecule has 0 amide bonds. The lowest BCUT2D eigenvalue weighted by molar-refractivity contribution is 0.684. The Morgan fingerprint density at radius 1 is 1.15 bits per heavy atom. The van der Waals surface area contributed by atoms with Gasteiger partial charge in [-0.25, -0.2) is 4.98 Å². The van der Waals surface area contributed by atoms with Gasteiger partial charge in [0, 0.05) is 18.7 Å². The number of anilines is 1. The van der Waals surface area contributed by atoms with Crippen molar-refractivity contribution in [1.82, 2.24) is 9.55 Å². The zero-order chi connectivity index (χ0) is 19.4. The quantitative estimate of drug-likeness (QED) is 0.649. The number of nitrogens with zero attached hydrogens (tertiary/aromatic N) is 2. The van der Waals surface area contributed by atoms with Gasteiger partial charge >= 0.3 is 0 Å². The Kier molecular flexibility index (Phi) is 6.59.